The number of hydrogen-bond acceptors (Lipinski definition) is 4. The van der Waals surface area contributed by atoms with Crippen LogP contribution in [0.25, 0.3) is 0 Å². The predicted octanol–water partition coefficient (Wildman–Crippen LogP) is 3.55. The number of alkyl halides is 3. The lowest BCUT2D eigenvalue weighted by Gasteiger charge is -2.39. The summed E-state index contributed by atoms with van der Waals surface area (Å²) in [5.74, 6) is -0.735. The van der Waals surface area contributed by atoms with Crippen LogP contribution in [-0.4, -0.2) is 46.2 Å². The molecule has 1 aromatic heterocycles. The number of rotatable bonds is 4. The van der Waals surface area contributed by atoms with Crippen molar-refractivity contribution in [2.45, 2.75) is 50.2 Å². The second-order valence-corrected chi connectivity index (χ2v) is 7.55. The minimum absolute atomic E-state index is 0.00917. The molecule has 9 heteroatoms. The molecule has 0 radical (unpaired) electrons. The Hall–Kier alpha value is -3.10. The van der Waals surface area contributed by atoms with Gasteiger partial charge in [-0.15, -0.1) is 13.2 Å². The molecule has 1 N–H and O–H groups in total. The van der Waals surface area contributed by atoms with E-state index in [2.05, 4.69) is 15.0 Å². The molecule has 2 aromatic rings. The maximum atomic E-state index is 13.0. The monoisotopic (exact) mass is 419 g/mol. The van der Waals surface area contributed by atoms with Crippen molar-refractivity contribution in [3.63, 3.8) is 0 Å². The van der Waals surface area contributed by atoms with Gasteiger partial charge in [-0.2, -0.15) is 0 Å². The number of ether oxygens (including phenoxy) is 1. The van der Waals surface area contributed by atoms with Gasteiger partial charge in [-0.25, -0.2) is 0 Å². The lowest BCUT2D eigenvalue weighted by molar-refractivity contribution is -0.274. The first-order valence-corrected chi connectivity index (χ1v) is 9.69. The van der Waals surface area contributed by atoms with Gasteiger partial charge < -0.3 is 15.0 Å². The van der Waals surface area contributed by atoms with Crippen molar-refractivity contribution in [3.05, 3.63) is 59.9 Å². The van der Waals surface area contributed by atoms with Gasteiger partial charge in [-0.1, -0.05) is 0 Å². The normalized spacial score (nSPS) is 23.2. The molecule has 2 saturated heterocycles. The number of carbonyl (C=O) groups excluding carboxylic acids is 2. The first kappa shape index (κ1) is 20.2. The predicted molar refractivity (Wildman–Crippen MR) is 101 cm³/mol. The number of nitrogens with one attached hydrogen (secondary N) is 1. The Labute approximate surface area is 171 Å². The highest BCUT2D eigenvalue weighted by Crippen LogP contribution is 2.37. The second-order valence-electron chi connectivity index (χ2n) is 7.55. The van der Waals surface area contributed by atoms with Gasteiger partial charge in [0.25, 0.3) is 11.8 Å². The number of fused-ring (bicyclic) bond motifs is 2. The Morgan fingerprint density at radius 1 is 0.967 bits per heavy atom. The van der Waals surface area contributed by atoms with Crippen molar-refractivity contribution in [3.8, 4) is 5.75 Å². The summed E-state index contributed by atoms with van der Waals surface area (Å²) >= 11 is 0. The number of carbonyl (C=O) groups is 2. The Morgan fingerprint density at radius 2 is 1.57 bits per heavy atom. The molecule has 0 spiro atoms. The van der Waals surface area contributed by atoms with Crippen LogP contribution >= 0.6 is 0 Å². The molecular formula is C21H20F3N3O3. The molecule has 2 aliphatic heterocycles. The fourth-order valence-electron chi connectivity index (χ4n) is 4.35. The van der Waals surface area contributed by atoms with E-state index in [9.17, 15) is 22.8 Å². The molecule has 30 heavy (non-hydrogen) atoms. The molecule has 4 rings (SSSR count). The lowest BCUT2D eigenvalue weighted by atomic mass is 9.96. The molecular weight excluding hydrogens is 399 g/mol. The molecule has 2 bridgehead atoms. The van der Waals surface area contributed by atoms with Gasteiger partial charge >= 0.3 is 6.36 Å². The highest BCUT2D eigenvalue weighted by molar-refractivity contribution is 5.95. The van der Waals surface area contributed by atoms with Crippen LogP contribution in [0.1, 0.15) is 46.4 Å². The summed E-state index contributed by atoms with van der Waals surface area (Å²) in [6.45, 7) is 0. The topological polar surface area (TPSA) is 71.5 Å². The smallest absolute Gasteiger partial charge is 0.406 e. The summed E-state index contributed by atoms with van der Waals surface area (Å²) in [5, 5.41) is 3.04. The third-order valence-corrected chi connectivity index (χ3v) is 5.58. The van der Waals surface area contributed by atoms with Crippen LogP contribution in [0.5, 0.6) is 5.75 Å². The molecule has 0 saturated carbocycles. The van der Waals surface area contributed by atoms with Crippen LogP contribution in [0, 0.1) is 0 Å². The van der Waals surface area contributed by atoms with Crippen molar-refractivity contribution in [2.24, 2.45) is 0 Å². The molecule has 2 amide bonds. The van der Waals surface area contributed by atoms with Gasteiger partial charge in [-0.3, -0.25) is 14.6 Å². The van der Waals surface area contributed by atoms with Crippen molar-refractivity contribution in [1.29, 1.82) is 0 Å². The summed E-state index contributed by atoms with van der Waals surface area (Å²) in [5.41, 5.74) is 0.859. The van der Waals surface area contributed by atoms with Crippen molar-refractivity contribution in [1.82, 2.24) is 15.2 Å². The van der Waals surface area contributed by atoms with E-state index in [0.717, 1.165) is 25.0 Å². The summed E-state index contributed by atoms with van der Waals surface area (Å²) in [4.78, 5) is 31.1. The maximum Gasteiger partial charge on any atom is 0.573 e. The van der Waals surface area contributed by atoms with Gasteiger partial charge in [-0.05, 0) is 62.1 Å². The van der Waals surface area contributed by atoms with Crippen LogP contribution in [0.15, 0.2) is 48.8 Å². The van der Waals surface area contributed by atoms with E-state index in [-0.39, 0.29) is 35.7 Å². The van der Waals surface area contributed by atoms with E-state index < -0.39 is 6.36 Å². The van der Waals surface area contributed by atoms with E-state index in [4.69, 9.17) is 0 Å². The number of nitrogens with zero attached hydrogens (tertiary/aromatic N) is 2. The number of benzene rings is 1. The minimum Gasteiger partial charge on any atom is -0.406 e. The summed E-state index contributed by atoms with van der Waals surface area (Å²) in [6.07, 6.45) is 1.33. The zero-order valence-corrected chi connectivity index (χ0v) is 15.9. The molecule has 2 aliphatic rings. The average molecular weight is 419 g/mol. The van der Waals surface area contributed by atoms with Crippen LogP contribution in [0.3, 0.4) is 0 Å². The lowest BCUT2D eigenvalue weighted by Crippen LogP contribution is -2.52. The van der Waals surface area contributed by atoms with E-state index in [1.54, 1.807) is 24.5 Å². The van der Waals surface area contributed by atoms with E-state index >= 15 is 0 Å². The Kier molecular flexibility index (Phi) is 5.36. The van der Waals surface area contributed by atoms with Gasteiger partial charge in [0.05, 0.1) is 0 Å². The molecule has 2 atom stereocenters. The first-order chi connectivity index (χ1) is 14.3. The summed E-state index contributed by atoms with van der Waals surface area (Å²) < 4.78 is 40.8. The Bertz CT molecular complexity index is 905. The molecule has 3 heterocycles. The van der Waals surface area contributed by atoms with Crippen LogP contribution in [0.2, 0.25) is 0 Å². The fourth-order valence-corrected chi connectivity index (χ4v) is 4.35. The number of halogens is 3. The van der Waals surface area contributed by atoms with Crippen LogP contribution < -0.4 is 10.1 Å². The maximum absolute atomic E-state index is 13.0. The van der Waals surface area contributed by atoms with Crippen LogP contribution in [-0.2, 0) is 0 Å². The number of amides is 2. The highest BCUT2D eigenvalue weighted by atomic mass is 19.4. The molecule has 2 unspecified atom stereocenters. The first-order valence-electron chi connectivity index (χ1n) is 9.69. The largest absolute Gasteiger partial charge is 0.573 e. The van der Waals surface area contributed by atoms with E-state index in [0.29, 0.717) is 24.0 Å². The number of pyridine rings is 1. The van der Waals surface area contributed by atoms with Crippen LogP contribution in [0.4, 0.5) is 13.2 Å². The highest BCUT2D eigenvalue weighted by Gasteiger charge is 2.43. The minimum atomic E-state index is -4.77. The number of piperidine rings is 1. The average Bonchev–Trinajstić information content (AvgIpc) is 2.98. The van der Waals surface area contributed by atoms with Gasteiger partial charge in [0.2, 0.25) is 0 Å². The van der Waals surface area contributed by atoms with Crippen molar-refractivity contribution < 1.29 is 27.5 Å². The van der Waals surface area contributed by atoms with Gasteiger partial charge in [0.1, 0.15) is 5.75 Å². The molecule has 2 fully saturated rings. The van der Waals surface area contributed by atoms with E-state index in [1.807, 2.05) is 4.90 Å². The number of aromatic nitrogens is 1. The summed E-state index contributed by atoms with van der Waals surface area (Å²) in [6, 6.07) is 8.23. The van der Waals surface area contributed by atoms with Gasteiger partial charge in [0.15, 0.2) is 0 Å². The van der Waals surface area contributed by atoms with Crippen molar-refractivity contribution >= 4 is 11.8 Å². The second kappa shape index (κ2) is 7.97. The molecule has 1 aromatic carbocycles. The molecule has 6 nitrogen and oxygen atoms in total. The molecule has 158 valence electrons. The zero-order chi connectivity index (χ0) is 21.3. The molecule has 0 aliphatic carbocycles. The third kappa shape index (κ3) is 4.39. The SMILES string of the molecule is O=C(NC1CC2CCC(C1)N2C(=O)c1ccc(OC(F)(F)F)cc1)c1ccncc1. The Morgan fingerprint density at radius 3 is 2.13 bits per heavy atom. The third-order valence-electron chi connectivity index (χ3n) is 5.58. The fraction of sp³-hybridized carbons (Fsp3) is 0.381. The van der Waals surface area contributed by atoms with Gasteiger partial charge in [0, 0.05) is 41.6 Å². The standard InChI is InChI=1S/C21H20F3N3O3/c22-21(23,24)30-18-5-1-14(2-6-18)20(29)27-16-3-4-17(27)12-15(11-16)26-19(28)13-7-9-25-10-8-13/h1-2,5-10,15-17H,3-4,11-12H2,(H,26,28). The zero-order valence-electron chi connectivity index (χ0n) is 15.9. The Balaban J connectivity index is 1.40. The van der Waals surface area contributed by atoms with E-state index in [1.165, 1.54) is 12.1 Å². The number of hydrogen-bond donors (Lipinski definition) is 1. The summed E-state index contributed by atoms with van der Waals surface area (Å²) in [7, 11) is 0. The van der Waals surface area contributed by atoms with Crippen molar-refractivity contribution in [2.75, 3.05) is 0 Å². The quantitative estimate of drug-likeness (QED) is 0.823.